The zero-order valence-corrected chi connectivity index (χ0v) is 16.1. The first kappa shape index (κ1) is 17.6. The predicted molar refractivity (Wildman–Crippen MR) is 115 cm³/mol. The Morgan fingerprint density at radius 1 is 0.926 bits per heavy atom. The lowest BCUT2D eigenvalue weighted by Crippen LogP contribution is -2.14. The van der Waals surface area contributed by atoms with Gasteiger partial charge in [0.05, 0.1) is 16.3 Å². The van der Waals surface area contributed by atoms with Crippen molar-refractivity contribution in [3.63, 3.8) is 0 Å². The van der Waals surface area contributed by atoms with Crippen molar-refractivity contribution in [1.29, 1.82) is 0 Å². The average molecular weight is 372 g/mol. The summed E-state index contributed by atoms with van der Waals surface area (Å²) in [7, 11) is 0. The molecule has 0 aliphatic rings. The number of carbonyl (C=O) groups excluding carboxylic acids is 1. The molecular formula is C23H20N2OS. The number of rotatable bonds is 4. The highest BCUT2D eigenvalue weighted by Crippen LogP contribution is 2.27. The SMILES string of the molecule is Cc1cc(SCC(=O)Nc2cccc3ccccc23)nc2c(C)cccc12. The number of pyridine rings is 1. The van der Waals surface area contributed by atoms with Crippen molar-refractivity contribution >= 4 is 45.0 Å². The zero-order valence-electron chi connectivity index (χ0n) is 15.3. The van der Waals surface area contributed by atoms with Crippen LogP contribution >= 0.6 is 11.8 Å². The summed E-state index contributed by atoms with van der Waals surface area (Å²) in [4.78, 5) is 17.2. The molecule has 27 heavy (non-hydrogen) atoms. The maximum atomic E-state index is 12.5. The van der Waals surface area contributed by atoms with E-state index in [1.165, 1.54) is 22.7 Å². The predicted octanol–water partition coefficient (Wildman–Crippen LogP) is 5.74. The molecule has 1 N–H and O–H groups in total. The van der Waals surface area contributed by atoms with E-state index in [9.17, 15) is 4.79 Å². The first-order valence-electron chi connectivity index (χ1n) is 8.89. The highest BCUT2D eigenvalue weighted by atomic mass is 32.2. The molecule has 1 aromatic heterocycles. The van der Waals surface area contributed by atoms with Gasteiger partial charge in [0.15, 0.2) is 0 Å². The van der Waals surface area contributed by atoms with Crippen LogP contribution in [0.3, 0.4) is 0 Å². The number of hydrogen-bond donors (Lipinski definition) is 1. The third kappa shape index (κ3) is 3.67. The standard InChI is InChI=1S/C23H20N2OS/c1-15-7-5-11-18-16(2)13-22(25-23(15)18)27-14-21(26)24-20-12-6-9-17-8-3-4-10-19(17)20/h3-13H,14H2,1-2H3,(H,24,26). The van der Waals surface area contributed by atoms with Gasteiger partial charge < -0.3 is 5.32 Å². The van der Waals surface area contributed by atoms with E-state index in [0.717, 1.165) is 32.6 Å². The molecule has 0 atom stereocenters. The molecule has 4 aromatic rings. The number of fused-ring (bicyclic) bond motifs is 2. The van der Waals surface area contributed by atoms with Crippen molar-refractivity contribution < 1.29 is 4.79 Å². The van der Waals surface area contributed by atoms with E-state index in [1.807, 2.05) is 42.5 Å². The van der Waals surface area contributed by atoms with Crippen molar-refractivity contribution in [3.05, 3.63) is 77.9 Å². The van der Waals surface area contributed by atoms with Gasteiger partial charge in [0.1, 0.15) is 0 Å². The Bertz CT molecular complexity index is 1150. The number of para-hydroxylation sites is 1. The minimum Gasteiger partial charge on any atom is -0.325 e. The van der Waals surface area contributed by atoms with E-state index >= 15 is 0 Å². The van der Waals surface area contributed by atoms with Crippen LogP contribution in [0.2, 0.25) is 0 Å². The minimum absolute atomic E-state index is 0.0271. The molecule has 0 spiro atoms. The van der Waals surface area contributed by atoms with E-state index in [-0.39, 0.29) is 5.91 Å². The molecule has 0 bridgehead atoms. The van der Waals surface area contributed by atoms with Crippen molar-refractivity contribution in [3.8, 4) is 0 Å². The summed E-state index contributed by atoms with van der Waals surface area (Å²) >= 11 is 1.47. The summed E-state index contributed by atoms with van der Waals surface area (Å²) in [6.07, 6.45) is 0. The molecule has 0 saturated carbocycles. The number of aryl methyl sites for hydroxylation is 2. The lowest BCUT2D eigenvalue weighted by molar-refractivity contribution is -0.113. The summed E-state index contributed by atoms with van der Waals surface area (Å²) in [6.45, 7) is 4.15. The first-order chi connectivity index (χ1) is 13.1. The second-order valence-electron chi connectivity index (χ2n) is 6.61. The highest BCUT2D eigenvalue weighted by Gasteiger charge is 2.09. The summed E-state index contributed by atoms with van der Waals surface area (Å²) in [5, 5.41) is 7.24. The number of anilines is 1. The van der Waals surface area contributed by atoms with Gasteiger partial charge in [-0.25, -0.2) is 4.98 Å². The molecule has 0 saturated heterocycles. The number of nitrogens with zero attached hydrogens (tertiary/aromatic N) is 1. The monoisotopic (exact) mass is 372 g/mol. The number of benzene rings is 3. The Labute approximate surface area is 162 Å². The van der Waals surface area contributed by atoms with Crippen LogP contribution in [0.4, 0.5) is 5.69 Å². The summed E-state index contributed by atoms with van der Waals surface area (Å²) < 4.78 is 0. The van der Waals surface area contributed by atoms with E-state index in [2.05, 4.69) is 43.4 Å². The minimum atomic E-state index is -0.0271. The van der Waals surface area contributed by atoms with Gasteiger partial charge in [0, 0.05) is 16.5 Å². The molecule has 0 unspecified atom stereocenters. The van der Waals surface area contributed by atoms with E-state index in [1.54, 1.807) is 0 Å². The highest BCUT2D eigenvalue weighted by molar-refractivity contribution is 7.99. The number of amides is 1. The molecule has 3 nitrogen and oxygen atoms in total. The third-order valence-electron chi connectivity index (χ3n) is 4.64. The molecule has 134 valence electrons. The number of hydrogen-bond acceptors (Lipinski definition) is 3. The van der Waals surface area contributed by atoms with Gasteiger partial charge in [0.25, 0.3) is 0 Å². The fourth-order valence-corrected chi connectivity index (χ4v) is 4.03. The van der Waals surface area contributed by atoms with Crippen LogP contribution < -0.4 is 5.32 Å². The normalized spacial score (nSPS) is 11.0. The Kier molecular flexibility index (Phi) is 4.82. The number of thioether (sulfide) groups is 1. The van der Waals surface area contributed by atoms with Crippen LogP contribution in [-0.4, -0.2) is 16.6 Å². The van der Waals surface area contributed by atoms with E-state index in [0.29, 0.717) is 5.75 Å². The molecule has 3 aromatic carbocycles. The van der Waals surface area contributed by atoms with Crippen molar-refractivity contribution in [2.24, 2.45) is 0 Å². The molecule has 4 heteroatoms. The van der Waals surface area contributed by atoms with Crippen LogP contribution in [0.1, 0.15) is 11.1 Å². The lowest BCUT2D eigenvalue weighted by atomic mass is 10.1. The summed E-state index contributed by atoms with van der Waals surface area (Å²) in [5.74, 6) is 0.299. The fraction of sp³-hybridized carbons (Fsp3) is 0.130. The van der Waals surface area contributed by atoms with Crippen LogP contribution in [0.15, 0.2) is 71.8 Å². The number of carbonyl (C=O) groups is 1. The number of nitrogens with one attached hydrogen (secondary N) is 1. The van der Waals surface area contributed by atoms with Crippen molar-refractivity contribution in [1.82, 2.24) is 4.98 Å². The van der Waals surface area contributed by atoms with Gasteiger partial charge in [0.2, 0.25) is 5.91 Å². The first-order valence-corrected chi connectivity index (χ1v) is 9.88. The summed E-state index contributed by atoms with van der Waals surface area (Å²) in [5.41, 5.74) is 4.19. The van der Waals surface area contributed by atoms with Gasteiger partial charge in [-0.2, -0.15) is 0 Å². The molecule has 4 rings (SSSR count). The average Bonchev–Trinajstić information content (AvgIpc) is 2.68. The largest absolute Gasteiger partial charge is 0.325 e. The van der Waals surface area contributed by atoms with Crippen molar-refractivity contribution in [2.45, 2.75) is 18.9 Å². The van der Waals surface area contributed by atoms with Crippen LogP contribution in [0.25, 0.3) is 21.7 Å². The van der Waals surface area contributed by atoms with E-state index < -0.39 is 0 Å². The molecule has 0 fully saturated rings. The fourth-order valence-electron chi connectivity index (χ4n) is 3.27. The van der Waals surface area contributed by atoms with Crippen LogP contribution in [0, 0.1) is 13.8 Å². The summed E-state index contributed by atoms with van der Waals surface area (Å²) in [6, 6.07) is 22.3. The van der Waals surface area contributed by atoms with Crippen LogP contribution in [0.5, 0.6) is 0 Å². The van der Waals surface area contributed by atoms with Gasteiger partial charge in [-0.1, -0.05) is 66.4 Å². The molecule has 1 amide bonds. The smallest absolute Gasteiger partial charge is 0.234 e. The maximum absolute atomic E-state index is 12.5. The topological polar surface area (TPSA) is 42.0 Å². The maximum Gasteiger partial charge on any atom is 0.234 e. The Balaban J connectivity index is 1.51. The quantitative estimate of drug-likeness (QED) is 0.465. The van der Waals surface area contributed by atoms with Crippen molar-refractivity contribution in [2.75, 3.05) is 11.1 Å². The Morgan fingerprint density at radius 2 is 1.67 bits per heavy atom. The molecule has 0 radical (unpaired) electrons. The van der Waals surface area contributed by atoms with Gasteiger partial charge in [-0.3, -0.25) is 4.79 Å². The Hall–Kier alpha value is -2.85. The second kappa shape index (κ2) is 7.41. The van der Waals surface area contributed by atoms with Gasteiger partial charge in [-0.15, -0.1) is 0 Å². The third-order valence-corrected chi connectivity index (χ3v) is 5.55. The van der Waals surface area contributed by atoms with Gasteiger partial charge >= 0.3 is 0 Å². The lowest BCUT2D eigenvalue weighted by Gasteiger charge is -2.10. The van der Waals surface area contributed by atoms with Crippen LogP contribution in [-0.2, 0) is 4.79 Å². The second-order valence-corrected chi connectivity index (χ2v) is 7.61. The Morgan fingerprint density at radius 3 is 2.56 bits per heavy atom. The zero-order chi connectivity index (χ0) is 18.8. The molecular weight excluding hydrogens is 352 g/mol. The van der Waals surface area contributed by atoms with Gasteiger partial charge in [-0.05, 0) is 42.5 Å². The molecule has 0 aliphatic carbocycles. The molecule has 0 aliphatic heterocycles. The number of aromatic nitrogens is 1. The molecule has 1 heterocycles. The van der Waals surface area contributed by atoms with E-state index in [4.69, 9.17) is 4.98 Å².